The molecule has 0 spiro atoms. The third-order valence-electron chi connectivity index (χ3n) is 1.88. The van der Waals surface area contributed by atoms with E-state index < -0.39 is 0 Å². The minimum Gasteiger partial charge on any atom is -0.249 e. The van der Waals surface area contributed by atoms with Crippen molar-refractivity contribution in [1.29, 1.82) is 0 Å². The van der Waals surface area contributed by atoms with Crippen LogP contribution in [0.25, 0.3) is 0 Å². The van der Waals surface area contributed by atoms with E-state index in [9.17, 15) is 0 Å². The average molecular weight is 235 g/mol. The minimum atomic E-state index is 0.480. The summed E-state index contributed by atoms with van der Waals surface area (Å²) in [5.74, 6) is 0. The Morgan fingerprint density at radius 2 is 2.31 bits per heavy atom. The molecule has 5 heteroatoms. The predicted molar refractivity (Wildman–Crippen MR) is 56.4 cm³/mol. The molecule has 0 radical (unpaired) electrons. The van der Waals surface area contributed by atoms with Gasteiger partial charge in [0.15, 0.2) is 0 Å². The van der Waals surface area contributed by atoms with Gasteiger partial charge >= 0.3 is 0 Å². The molecule has 1 aromatic rings. The molecule has 0 saturated carbocycles. The largest absolute Gasteiger partial charge is 0.249 e. The van der Waals surface area contributed by atoms with Crippen LogP contribution in [0.1, 0.15) is 5.69 Å². The number of fused-ring (bicyclic) bond motifs is 1. The highest BCUT2D eigenvalue weighted by molar-refractivity contribution is 7.97. The van der Waals surface area contributed by atoms with E-state index in [0.29, 0.717) is 10.2 Å². The van der Waals surface area contributed by atoms with Crippen molar-refractivity contribution in [2.24, 2.45) is 0 Å². The zero-order valence-corrected chi connectivity index (χ0v) is 9.38. The van der Waals surface area contributed by atoms with Gasteiger partial charge in [-0.25, -0.2) is 9.29 Å². The van der Waals surface area contributed by atoms with Crippen LogP contribution < -0.4 is 0 Å². The monoisotopic (exact) mass is 234 g/mol. The molecule has 0 saturated heterocycles. The number of hydrogen-bond acceptors (Lipinski definition) is 3. The van der Waals surface area contributed by atoms with Gasteiger partial charge < -0.3 is 0 Å². The van der Waals surface area contributed by atoms with E-state index in [4.69, 9.17) is 23.2 Å². The molecule has 2 heterocycles. The highest BCUT2D eigenvalue weighted by atomic mass is 35.5. The maximum Gasteiger partial charge on any atom is 0.130 e. The maximum atomic E-state index is 6.04. The van der Waals surface area contributed by atoms with Gasteiger partial charge in [0.1, 0.15) is 5.15 Å². The van der Waals surface area contributed by atoms with Crippen LogP contribution in [0.4, 0.5) is 0 Å². The number of rotatable bonds is 0. The minimum absolute atomic E-state index is 0.480. The first-order valence-corrected chi connectivity index (χ1v) is 5.44. The second kappa shape index (κ2) is 3.65. The van der Waals surface area contributed by atoms with Crippen LogP contribution in [-0.2, 0) is 6.42 Å². The van der Waals surface area contributed by atoms with E-state index in [1.54, 1.807) is 18.0 Å². The quantitative estimate of drug-likeness (QED) is 0.508. The zero-order valence-electron chi connectivity index (χ0n) is 7.05. The van der Waals surface area contributed by atoms with E-state index in [1.165, 1.54) is 0 Å². The van der Waals surface area contributed by atoms with Crippen LogP contribution in [0.5, 0.6) is 0 Å². The summed E-state index contributed by atoms with van der Waals surface area (Å²) >= 11 is 13.5. The highest BCUT2D eigenvalue weighted by Crippen LogP contribution is 2.36. The normalized spacial score (nSPS) is 17.2. The number of nitrogens with zero attached hydrogens (tertiary/aromatic N) is 2. The van der Waals surface area contributed by atoms with Crippen molar-refractivity contribution >= 4 is 35.1 Å². The Morgan fingerprint density at radius 3 is 3.08 bits per heavy atom. The summed E-state index contributed by atoms with van der Waals surface area (Å²) in [7, 11) is 2.04. The summed E-state index contributed by atoms with van der Waals surface area (Å²) in [4.78, 5) is 5.28. The molecule has 0 atom stereocenters. The third kappa shape index (κ3) is 1.94. The fourth-order valence-electron chi connectivity index (χ4n) is 1.25. The highest BCUT2D eigenvalue weighted by Gasteiger charge is 2.18. The van der Waals surface area contributed by atoms with Gasteiger partial charge in [-0.2, -0.15) is 0 Å². The summed E-state index contributed by atoms with van der Waals surface area (Å²) in [6.45, 7) is 0.987. The molecule has 0 amide bonds. The first kappa shape index (κ1) is 9.59. The lowest BCUT2D eigenvalue weighted by Crippen LogP contribution is -2.19. The molecule has 0 fully saturated rings. The molecular formula is C8H8Cl2N2S. The van der Waals surface area contributed by atoms with Crippen LogP contribution in [0.15, 0.2) is 11.0 Å². The van der Waals surface area contributed by atoms with Crippen molar-refractivity contribution in [2.45, 2.75) is 11.3 Å². The van der Waals surface area contributed by atoms with Gasteiger partial charge in [-0.3, -0.25) is 0 Å². The lowest BCUT2D eigenvalue weighted by molar-refractivity contribution is 0.545. The molecule has 1 aliphatic rings. The van der Waals surface area contributed by atoms with Crippen LogP contribution in [0.2, 0.25) is 10.2 Å². The van der Waals surface area contributed by atoms with Crippen molar-refractivity contribution < 1.29 is 0 Å². The molecule has 0 bridgehead atoms. The molecular weight excluding hydrogens is 227 g/mol. The Morgan fingerprint density at radius 1 is 1.54 bits per heavy atom. The Kier molecular flexibility index (Phi) is 2.70. The zero-order chi connectivity index (χ0) is 9.42. The van der Waals surface area contributed by atoms with Crippen molar-refractivity contribution in [3.63, 3.8) is 0 Å². The molecule has 0 aromatic carbocycles. The summed E-state index contributed by atoms with van der Waals surface area (Å²) in [5, 5.41) is 1.18. The van der Waals surface area contributed by atoms with Gasteiger partial charge in [-0.1, -0.05) is 23.2 Å². The van der Waals surface area contributed by atoms with Gasteiger partial charge in [0, 0.05) is 13.0 Å². The molecule has 1 aliphatic heterocycles. The topological polar surface area (TPSA) is 16.1 Å². The summed E-state index contributed by atoms with van der Waals surface area (Å²) in [6.07, 6.45) is 0.916. The number of halogens is 2. The predicted octanol–water partition coefficient (Wildman–Crippen LogP) is 2.88. The second-order valence-corrected chi connectivity index (χ2v) is 4.90. The first-order valence-electron chi connectivity index (χ1n) is 3.91. The molecule has 13 heavy (non-hydrogen) atoms. The van der Waals surface area contributed by atoms with E-state index in [-0.39, 0.29) is 0 Å². The van der Waals surface area contributed by atoms with Crippen molar-refractivity contribution in [3.8, 4) is 0 Å². The molecule has 2 nitrogen and oxygen atoms in total. The van der Waals surface area contributed by atoms with E-state index in [1.807, 2.05) is 7.05 Å². The second-order valence-electron chi connectivity index (χ2n) is 2.90. The molecule has 1 aromatic heterocycles. The maximum absolute atomic E-state index is 6.04. The van der Waals surface area contributed by atoms with Gasteiger partial charge in [-0.15, -0.1) is 0 Å². The van der Waals surface area contributed by atoms with Crippen LogP contribution in [0, 0.1) is 0 Å². The van der Waals surface area contributed by atoms with E-state index in [0.717, 1.165) is 23.6 Å². The van der Waals surface area contributed by atoms with Crippen LogP contribution in [-0.4, -0.2) is 22.9 Å². The molecule has 2 rings (SSSR count). The van der Waals surface area contributed by atoms with Gasteiger partial charge in [0.2, 0.25) is 0 Å². The Bertz CT molecular complexity index is 343. The Hall–Kier alpha value is 0.0400. The van der Waals surface area contributed by atoms with E-state index in [2.05, 4.69) is 9.29 Å². The van der Waals surface area contributed by atoms with Crippen LogP contribution >= 0.6 is 35.1 Å². The van der Waals surface area contributed by atoms with Gasteiger partial charge in [0.25, 0.3) is 0 Å². The smallest absolute Gasteiger partial charge is 0.130 e. The van der Waals surface area contributed by atoms with Crippen molar-refractivity contribution in [3.05, 3.63) is 21.9 Å². The Balaban J connectivity index is 2.47. The fourth-order valence-corrected chi connectivity index (χ4v) is 2.73. The lowest BCUT2D eigenvalue weighted by Gasteiger charge is -2.23. The van der Waals surface area contributed by atoms with E-state index >= 15 is 0 Å². The third-order valence-corrected chi connectivity index (χ3v) is 3.61. The Labute approximate surface area is 91.4 Å². The van der Waals surface area contributed by atoms with Gasteiger partial charge in [-0.05, 0) is 25.1 Å². The number of pyridine rings is 1. The molecule has 0 aliphatic carbocycles. The number of aromatic nitrogens is 1. The standard InChI is InChI=1S/C8H8Cl2N2S/c1-12-3-2-6-8(13-12)5(9)4-7(10)11-6/h4H,2-3H2,1H3. The van der Waals surface area contributed by atoms with Crippen molar-refractivity contribution in [1.82, 2.24) is 9.29 Å². The number of hydrogen-bond donors (Lipinski definition) is 0. The molecule has 70 valence electrons. The summed E-state index contributed by atoms with van der Waals surface area (Å²) < 4.78 is 2.14. The fraction of sp³-hybridized carbons (Fsp3) is 0.375. The van der Waals surface area contributed by atoms with Crippen LogP contribution in [0.3, 0.4) is 0 Å². The first-order chi connectivity index (χ1) is 6.16. The van der Waals surface area contributed by atoms with Gasteiger partial charge in [0.05, 0.1) is 15.6 Å². The van der Waals surface area contributed by atoms with Crippen molar-refractivity contribution in [2.75, 3.05) is 13.6 Å². The average Bonchev–Trinajstić information content (AvgIpc) is 2.06. The lowest BCUT2D eigenvalue weighted by atomic mass is 10.2. The number of likely N-dealkylation sites (N-methyl/N-ethyl adjacent to an activating group) is 1. The molecule has 0 unspecified atom stereocenters. The SMILES string of the molecule is CN1CCc2nc(Cl)cc(Cl)c2S1. The molecule has 0 N–H and O–H groups in total. The summed E-state index contributed by atoms with van der Waals surface area (Å²) in [5.41, 5.74) is 1.01. The summed E-state index contributed by atoms with van der Waals surface area (Å²) in [6, 6.07) is 1.69.